The molecule has 6 N–H and O–H groups in total. The van der Waals surface area contributed by atoms with Gasteiger partial charge in [0.05, 0.1) is 17.6 Å². The second-order valence-electron chi connectivity index (χ2n) is 3.73. The number of alkyl halides is 3. The van der Waals surface area contributed by atoms with E-state index in [-0.39, 0.29) is 24.6 Å². The van der Waals surface area contributed by atoms with E-state index in [9.17, 15) is 13.2 Å². The fourth-order valence-electron chi connectivity index (χ4n) is 1.55. The van der Waals surface area contributed by atoms with Crippen molar-refractivity contribution in [2.45, 2.75) is 12.6 Å². The van der Waals surface area contributed by atoms with Crippen LogP contribution in [0.2, 0.25) is 0 Å². The molecule has 0 radical (unpaired) electrons. The van der Waals surface area contributed by atoms with Crippen LogP contribution in [0.5, 0.6) is 0 Å². The minimum atomic E-state index is -4.15. The molecule has 7 heteroatoms. The van der Waals surface area contributed by atoms with Crippen molar-refractivity contribution in [3.63, 3.8) is 0 Å². The zero-order chi connectivity index (χ0) is 12.3. The van der Waals surface area contributed by atoms with Gasteiger partial charge < -0.3 is 22.1 Å². The molecular weight excluding hydrogens is 221 g/mol. The molecular formula is C9H15F3N4. The average Bonchev–Trinajstić information content (AvgIpc) is 2.61. The lowest BCUT2D eigenvalue weighted by Gasteiger charge is -2.19. The second-order valence-corrected chi connectivity index (χ2v) is 3.73. The molecule has 1 unspecified atom stereocenters. The summed E-state index contributed by atoms with van der Waals surface area (Å²) in [7, 11) is 0. The topological polar surface area (TPSA) is 81.3 Å². The van der Waals surface area contributed by atoms with Crippen molar-refractivity contribution in [1.82, 2.24) is 4.90 Å². The van der Waals surface area contributed by atoms with Gasteiger partial charge in [0.15, 0.2) is 0 Å². The summed E-state index contributed by atoms with van der Waals surface area (Å²) in [5.41, 5.74) is 15.9. The standard InChI is InChI=1S/C9H15F3N4/c10-9(11,12)6-3-4-16(5-6)8(15)2-1-7(13)14/h1-2,6H,3-5,13-15H2/b8-2+. The Labute approximate surface area is 91.5 Å². The molecule has 0 amide bonds. The molecule has 1 saturated heterocycles. The van der Waals surface area contributed by atoms with Crippen molar-refractivity contribution in [1.29, 1.82) is 0 Å². The van der Waals surface area contributed by atoms with E-state index in [2.05, 4.69) is 0 Å². The van der Waals surface area contributed by atoms with E-state index in [1.54, 1.807) is 0 Å². The summed E-state index contributed by atoms with van der Waals surface area (Å²) >= 11 is 0. The Morgan fingerprint density at radius 2 is 1.81 bits per heavy atom. The van der Waals surface area contributed by atoms with Crippen LogP contribution in [0, 0.1) is 5.92 Å². The van der Waals surface area contributed by atoms with Crippen LogP contribution in [0.4, 0.5) is 13.2 Å². The SMILES string of the molecule is NC(N)=C/C=C(\N)N1CCC(C(F)(F)F)C1. The molecule has 0 saturated carbocycles. The van der Waals surface area contributed by atoms with E-state index in [0.717, 1.165) is 0 Å². The summed E-state index contributed by atoms with van der Waals surface area (Å²) < 4.78 is 37.1. The van der Waals surface area contributed by atoms with Gasteiger partial charge in [0.2, 0.25) is 0 Å². The van der Waals surface area contributed by atoms with Crippen LogP contribution in [0.15, 0.2) is 23.8 Å². The van der Waals surface area contributed by atoms with Gasteiger partial charge in [-0.25, -0.2) is 0 Å². The van der Waals surface area contributed by atoms with E-state index < -0.39 is 12.1 Å². The summed E-state index contributed by atoms with van der Waals surface area (Å²) in [4.78, 5) is 1.47. The second kappa shape index (κ2) is 4.54. The zero-order valence-electron chi connectivity index (χ0n) is 8.67. The van der Waals surface area contributed by atoms with Crippen molar-refractivity contribution < 1.29 is 13.2 Å². The van der Waals surface area contributed by atoms with Crippen molar-refractivity contribution in [3.8, 4) is 0 Å². The predicted octanol–water partition coefficient (Wildman–Crippen LogP) is 0.430. The molecule has 0 aliphatic carbocycles. The fourth-order valence-corrected chi connectivity index (χ4v) is 1.55. The number of allylic oxidation sites excluding steroid dienone is 2. The highest BCUT2D eigenvalue weighted by Gasteiger charge is 2.43. The first-order valence-electron chi connectivity index (χ1n) is 4.80. The Morgan fingerprint density at radius 1 is 1.19 bits per heavy atom. The van der Waals surface area contributed by atoms with Gasteiger partial charge in [0.1, 0.15) is 0 Å². The third kappa shape index (κ3) is 3.25. The monoisotopic (exact) mass is 236 g/mol. The highest BCUT2D eigenvalue weighted by molar-refractivity contribution is 5.12. The molecule has 1 rings (SSSR count). The molecule has 1 aliphatic heterocycles. The molecule has 1 heterocycles. The Bertz CT molecular complexity index is 304. The molecule has 0 aromatic carbocycles. The maximum Gasteiger partial charge on any atom is 0.393 e. The Balaban J connectivity index is 2.60. The lowest BCUT2D eigenvalue weighted by molar-refractivity contribution is -0.170. The van der Waals surface area contributed by atoms with Crippen molar-refractivity contribution in [2.24, 2.45) is 23.1 Å². The quantitative estimate of drug-likeness (QED) is 0.607. The number of halogens is 3. The molecule has 92 valence electrons. The highest BCUT2D eigenvalue weighted by atomic mass is 19.4. The number of nitrogens with two attached hydrogens (primary N) is 3. The van der Waals surface area contributed by atoms with Crippen LogP contribution in [0.1, 0.15) is 6.42 Å². The lowest BCUT2D eigenvalue weighted by atomic mass is 10.1. The van der Waals surface area contributed by atoms with E-state index in [0.29, 0.717) is 6.54 Å². The van der Waals surface area contributed by atoms with Crippen LogP contribution in [0.3, 0.4) is 0 Å². The van der Waals surface area contributed by atoms with Gasteiger partial charge >= 0.3 is 6.18 Å². The van der Waals surface area contributed by atoms with Crippen molar-refractivity contribution >= 4 is 0 Å². The van der Waals surface area contributed by atoms with E-state index >= 15 is 0 Å². The first kappa shape index (κ1) is 12.5. The van der Waals surface area contributed by atoms with Gasteiger partial charge in [-0.15, -0.1) is 0 Å². The summed E-state index contributed by atoms with van der Waals surface area (Å²) in [5, 5.41) is 0. The molecule has 1 atom stereocenters. The van der Waals surface area contributed by atoms with Crippen LogP contribution < -0.4 is 17.2 Å². The largest absolute Gasteiger partial charge is 0.393 e. The number of rotatable bonds is 2. The van der Waals surface area contributed by atoms with Crippen LogP contribution in [-0.2, 0) is 0 Å². The maximum absolute atomic E-state index is 12.4. The Morgan fingerprint density at radius 3 is 2.25 bits per heavy atom. The predicted molar refractivity (Wildman–Crippen MR) is 54.5 cm³/mol. The maximum atomic E-state index is 12.4. The summed E-state index contributed by atoms with van der Waals surface area (Å²) in [5.74, 6) is -0.992. The highest BCUT2D eigenvalue weighted by Crippen LogP contribution is 2.34. The molecule has 1 fully saturated rings. The molecule has 4 nitrogen and oxygen atoms in total. The van der Waals surface area contributed by atoms with Crippen LogP contribution in [0.25, 0.3) is 0 Å². The smallest absolute Gasteiger partial charge is 0.386 e. The van der Waals surface area contributed by atoms with E-state index in [1.165, 1.54) is 17.1 Å². The van der Waals surface area contributed by atoms with Gasteiger partial charge in [0, 0.05) is 13.1 Å². The molecule has 0 spiro atoms. The number of hydrogen-bond acceptors (Lipinski definition) is 4. The van der Waals surface area contributed by atoms with Gasteiger partial charge in [-0.05, 0) is 18.6 Å². The fraction of sp³-hybridized carbons (Fsp3) is 0.556. The molecule has 0 aromatic heterocycles. The first-order valence-corrected chi connectivity index (χ1v) is 4.80. The number of nitrogens with zero attached hydrogens (tertiary/aromatic N) is 1. The zero-order valence-corrected chi connectivity index (χ0v) is 8.67. The molecule has 16 heavy (non-hydrogen) atoms. The number of likely N-dealkylation sites (tertiary alicyclic amines) is 1. The van der Waals surface area contributed by atoms with Gasteiger partial charge in [-0.2, -0.15) is 13.2 Å². The van der Waals surface area contributed by atoms with Gasteiger partial charge in [-0.1, -0.05) is 0 Å². The van der Waals surface area contributed by atoms with Crippen molar-refractivity contribution in [3.05, 3.63) is 23.8 Å². The Kier molecular flexibility index (Phi) is 3.56. The Hall–Kier alpha value is -1.53. The molecule has 0 bridgehead atoms. The third-order valence-corrected chi connectivity index (χ3v) is 2.46. The minimum Gasteiger partial charge on any atom is -0.386 e. The first-order chi connectivity index (χ1) is 7.30. The average molecular weight is 236 g/mol. The van der Waals surface area contributed by atoms with E-state index in [1.807, 2.05) is 0 Å². The summed E-state index contributed by atoms with van der Waals surface area (Å²) in [6.45, 7) is 0.189. The van der Waals surface area contributed by atoms with Gasteiger partial charge in [-0.3, -0.25) is 0 Å². The summed E-state index contributed by atoms with van der Waals surface area (Å²) in [6.07, 6.45) is -1.32. The van der Waals surface area contributed by atoms with E-state index in [4.69, 9.17) is 17.2 Å². The molecule has 1 aliphatic rings. The van der Waals surface area contributed by atoms with Gasteiger partial charge in [0.25, 0.3) is 0 Å². The summed E-state index contributed by atoms with van der Waals surface area (Å²) in [6, 6.07) is 0. The molecule has 0 aromatic rings. The minimum absolute atomic E-state index is 0.0644. The third-order valence-electron chi connectivity index (χ3n) is 2.46. The van der Waals surface area contributed by atoms with Crippen LogP contribution in [-0.4, -0.2) is 24.2 Å². The normalized spacial score (nSPS) is 22.3. The lowest BCUT2D eigenvalue weighted by Crippen LogP contribution is -2.29. The van der Waals surface area contributed by atoms with Crippen LogP contribution >= 0.6 is 0 Å². The van der Waals surface area contributed by atoms with Crippen molar-refractivity contribution in [2.75, 3.05) is 13.1 Å². The number of hydrogen-bond donors (Lipinski definition) is 3.